The van der Waals surface area contributed by atoms with Crippen LogP contribution in [0.3, 0.4) is 0 Å². The lowest BCUT2D eigenvalue weighted by Crippen LogP contribution is -2.10. The molecule has 0 aliphatic carbocycles. The van der Waals surface area contributed by atoms with E-state index in [4.69, 9.17) is 20.7 Å². The zero-order chi connectivity index (χ0) is 20.5. The summed E-state index contributed by atoms with van der Waals surface area (Å²) in [7, 11) is 0. The minimum Gasteiger partial charge on any atom is -0.330 e. The van der Waals surface area contributed by atoms with Gasteiger partial charge in [-0.25, -0.2) is 15.0 Å². The maximum absolute atomic E-state index is 5.79. The summed E-state index contributed by atoms with van der Waals surface area (Å²) in [6, 6.07) is 25.1. The van der Waals surface area contributed by atoms with Gasteiger partial charge in [0.1, 0.15) is 5.82 Å². The third-order valence-corrected chi connectivity index (χ3v) is 6.50. The summed E-state index contributed by atoms with van der Waals surface area (Å²) >= 11 is 1.80. The van der Waals surface area contributed by atoms with Gasteiger partial charge in [0.15, 0.2) is 11.6 Å². The van der Waals surface area contributed by atoms with Gasteiger partial charge in [-0.2, -0.15) is 0 Å². The van der Waals surface area contributed by atoms with Gasteiger partial charge >= 0.3 is 0 Å². The Kier molecular flexibility index (Phi) is 4.99. The molecule has 1 unspecified atom stereocenters. The van der Waals surface area contributed by atoms with Gasteiger partial charge in [-0.1, -0.05) is 67.6 Å². The van der Waals surface area contributed by atoms with E-state index in [2.05, 4.69) is 49.4 Å². The van der Waals surface area contributed by atoms with Gasteiger partial charge < -0.3 is 5.73 Å². The molecule has 0 radical (unpaired) electrons. The molecule has 2 N–H and O–H groups in total. The second-order valence-electron chi connectivity index (χ2n) is 7.49. The van der Waals surface area contributed by atoms with Gasteiger partial charge in [0, 0.05) is 37.2 Å². The first kappa shape index (κ1) is 18.9. The van der Waals surface area contributed by atoms with Gasteiger partial charge in [-0.15, -0.1) is 11.3 Å². The molecule has 5 aromatic rings. The van der Waals surface area contributed by atoms with E-state index in [0.29, 0.717) is 18.2 Å². The normalized spacial score (nSPS) is 12.5. The highest BCUT2D eigenvalue weighted by atomic mass is 32.1. The van der Waals surface area contributed by atoms with E-state index in [-0.39, 0.29) is 5.92 Å². The summed E-state index contributed by atoms with van der Waals surface area (Å²) in [6.45, 7) is 2.73. The molecule has 2 heterocycles. The van der Waals surface area contributed by atoms with Crippen LogP contribution in [0.25, 0.3) is 42.9 Å². The van der Waals surface area contributed by atoms with Gasteiger partial charge in [0.25, 0.3) is 0 Å². The van der Waals surface area contributed by atoms with Crippen molar-refractivity contribution >= 4 is 31.5 Å². The van der Waals surface area contributed by atoms with Gasteiger partial charge in [-0.05, 0) is 25.1 Å². The third kappa shape index (κ3) is 3.47. The molecule has 0 amide bonds. The molecule has 0 aliphatic rings. The molecule has 2 aromatic heterocycles. The molecule has 0 spiro atoms. The Bertz CT molecular complexity index is 1330. The van der Waals surface area contributed by atoms with Gasteiger partial charge in [0.05, 0.1) is 0 Å². The van der Waals surface area contributed by atoms with Crippen LogP contribution in [0.15, 0.2) is 72.8 Å². The standard InChI is InChI=1S/C25H22N4S/c1-16(13-14-26)23-27-24(17-7-3-2-4-8-17)29-25(28-23)18-11-12-20-19-9-5-6-10-21(19)30-22(20)15-18/h2-12,15-16H,13-14,26H2,1H3. The fourth-order valence-corrected chi connectivity index (χ4v) is 4.85. The average molecular weight is 411 g/mol. The van der Waals surface area contributed by atoms with E-state index in [0.717, 1.165) is 23.4 Å². The Morgan fingerprint density at radius 3 is 2.27 bits per heavy atom. The lowest BCUT2D eigenvalue weighted by Gasteiger charge is -2.12. The van der Waals surface area contributed by atoms with Crippen molar-refractivity contribution in [3.8, 4) is 22.8 Å². The molecule has 1 atom stereocenters. The van der Waals surface area contributed by atoms with Crippen molar-refractivity contribution < 1.29 is 0 Å². The largest absolute Gasteiger partial charge is 0.330 e. The Balaban J connectivity index is 1.67. The molecule has 0 saturated heterocycles. The van der Waals surface area contributed by atoms with Crippen LogP contribution in [0.2, 0.25) is 0 Å². The van der Waals surface area contributed by atoms with Crippen LogP contribution in [0, 0.1) is 0 Å². The van der Waals surface area contributed by atoms with E-state index in [1.807, 2.05) is 30.3 Å². The minimum atomic E-state index is 0.173. The topological polar surface area (TPSA) is 64.7 Å². The lowest BCUT2D eigenvalue weighted by molar-refractivity contribution is 0.644. The molecule has 3 aromatic carbocycles. The SMILES string of the molecule is CC(CCN)c1nc(-c2ccccc2)nc(-c2ccc3c(c2)sc2ccccc23)n1. The number of thiophene rings is 1. The molecule has 0 saturated carbocycles. The summed E-state index contributed by atoms with van der Waals surface area (Å²) in [6.07, 6.45) is 0.840. The molecule has 5 rings (SSSR count). The number of hydrogen-bond donors (Lipinski definition) is 1. The highest BCUT2D eigenvalue weighted by Gasteiger charge is 2.16. The summed E-state index contributed by atoms with van der Waals surface area (Å²) in [4.78, 5) is 14.4. The molecular formula is C25H22N4S. The van der Waals surface area contributed by atoms with Crippen molar-refractivity contribution in [3.05, 3.63) is 78.6 Å². The van der Waals surface area contributed by atoms with Crippen molar-refractivity contribution in [2.24, 2.45) is 5.73 Å². The van der Waals surface area contributed by atoms with Crippen LogP contribution in [0.1, 0.15) is 25.1 Å². The molecule has 5 heteroatoms. The van der Waals surface area contributed by atoms with Crippen LogP contribution in [0.5, 0.6) is 0 Å². The van der Waals surface area contributed by atoms with E-state index >= 15 is 0 Å². The molecule has 4 nitrogen and oxygen atoms in total. The van der Waals surface area contributed by atoms with Crippen molar-refractivity contribution in [2.45, 2.75) is 19.3 Å². The zero-order valence-corrected chi connectivity index (χ0v) is 17.6. The van der Waals surface area contributed by atoms with Crippen LogP contribution >= 0.6 is 11.3 Å². The smallest absolute Gasteiger partial charge is 0.163 e. The predicted molar refractivity (Wildman–Crippen MR) is 126 cm³/mol. The van der Waals surface area contributed by atoms with E-state index in [1.54, 1.807) is 11.3 Å². The zero-order valence-electron chi connectivity index (χ0n) is 16.7. The van der Waals surface area contributed by atoms with Crippen LogP contribution < -0.4 is 5.73 Å². The number of benzene rings is 3. The molecule has 0 aliphatic heterocycles. The van der Waals surface area contributed by atoms with E-state index in [9.17, 15) is 0 Å². The second kappa shape index (κ2) is 7.94. The second-order valence-corrected chi connectivity index (χ2v) is 8.58. The first-order valence-electron chi connectivity index (χ1n) is 10.2. The van der Waals surface area contributed by atoms with Crippen molar-refractivity contribution in [3.63, 3.8) is 0 Å². The number of hydrogen-bond acceptors (Lipinski definition) is 5. The van der Waals surface area contributed by atoms with Gasteiger partial charge in [-0.3, -0.25) is 0 Å². The summed E-state index contributed by atoms with van der Waals surface area (Å²) < 4.78 is 2.54. The van der Waals surface area contributed by atoms with E-state index < -0.39 is 0 Å². The average Bonchev–Trinajstić information content (AvgIpc) is 3.17. The summed E-state index contributed by atoms with van der Waals surface area (Å²) in [5.41, 5.74) is 7.79. The minimum absolute atomic E-state index is 0.173. The molecule has 0 fully saturated rings. The fraction of sp³-hybridized carbons (Fsp3) is 0.160. The molecule has 148 valence electrons. The third-order valence-electron chi connectivity index (χ3n) is 5.36. The fourth-order valence-electron chi connectivity index (χ4n) is 3.70. The van der Waals surface area contributed by atoms with Gasteiger partial charge in [0.2, 0.25) is 0 Å². The number of aromatic nitrogens is 3. The highest BCUT2D eigenvalue weighted by Crippen LogP contribution is 2.36. The van der Waals surface area contributed by atoms with Crippen molar-refractivity contribution in [2.75, 3.05) is 6.54 Å². The predicted octanol–water partition coefficient (Wildman–Crippen LogP) is 6.03. The van der Waals surface area contributed by atoms with Crippen LogP contribution in [0.4, 0.5) is 0 Å². The molecular weight excluding hydrogens is 388 g/mol. The van der Waals surface area contributed by atoms with Crippen molar-refractivity contribution in [1.82, 2.24) is 15.0 Å². The highest BCUT2D eigenvalue weighted by molar-refractivity contribution is 7.25. The Morgan fingerprint density at radius 1 is 0.767 bits per heavy atom. The van der Waals surface area contributed by atoms with Crippen LogP contribution in [-0.4, -0.2) is 21.5 Å². The number of fused-ring (bicyclic) bond motifs is 3. The van der Waals surface area contributed by atoms with Crippen LogP contribution in [-0.2, 0) is 0 Å². The maximum atomic E-state index is 5.79. The Morgan fingerprint density at radius 2 is 1.47 bits per heavy atom. The van der Waals surface area contributed by atoms with Crippen molar-refractivity contribution in [1.29, 1.82) is 0 Å². The summed E-state index contributed by atoms with van der Waals surface area (Å²) in [5, 5.41) is 2.57. The number of nitrogens with two attached hydrogens (primary N) is 1. The number of rotatable bonds is 5. The monoisotopic (exact) mass is 410 g/mol. The molecule has 30 heavy (non-hydrogen) atoms. The maximum Gasteiger partial charge on any atom is 0.163 e. The first-order valence-corrected chi connectivity index (χ1v) is 11.0. The van der Waals surface area contributed by atoms with E-state index in [1.165, 1.54) is 20.2 Å². The first-order chi connectivity index (χ1) is 14.7. The summed E-state index contributed by atoms with van der Waals surface area (Å²) in [5.74, 6) is 2.38. The lowest BCUT2D eigenvalue weighted by atomic mass is 10.1. The Hall–Kier alpha value is -3.15. The molecule has 0 bridgehead atoms. The number of nitrogens with zero attached hydrogens (tertiary/aromatic N) is 3. The Labute approximate surface area is 179 Å². The quantitative estimate of drug-likeness (QED) is 0.384.